The topological polar surface area (TPSA) is 70.7 Å². The SMILES string of the molecule is Cc1ccc2nc(-c3ccc(SCC(=O)N[C@H]4CCCC[C@@H]4C)nc3)[nH]c2c1. The molecule has 4 rings (SSSR count). The molecule has 0 spiro atoms. The fourth-order valence-corrected chi connectivity index (χ4v) is 4.44. The number of H-pyrrole nitrogens is 1. The second-order valence-corrected chi connectivity index (χ2v) is 8.71. The third-order valence-electron chi connectivity index (χ3n) is 5.46. The van der Waals surface area contributed by atoms with Crippen molar-refractivity contribution >= 4 is 28.7 Å². The number of aromatic nitrogens is 3. The zero-order chi connectivity index (χ0) is 19.5. The smallest absolute Gasteiger partial charge is 0.230 e. The van der Waals surface area contributed by atoms with Crippen LogP contribution in [0.3, 0.4) is 0 Å². The molecule has 1 fully saturated rings. The summed E-state index contributed by atoms with van der Waals surface area (Å²) in [6.45, 7) is 4.30. The molecule has 0 aliphatic heterocycles. The molecule has 6 heteroatoms. The Bertz CT molecular complexity index is 966. The summed E-state index contributed by atoms with van der Waals surface area (Å²) >= 11 is 1.48. The van der Waals surface area contributed by atoms with E-state index in [9.17, 15) is 4.79 Å². The summed E-state index contributed by atoms with van der Waals surface area (Å²) in [4.78, 5) is 24.8. The minimum Gasteiger partial charge on any atom is -0.352 e. The first-order chi connectivity index (χ1) is 13.6. The monoisotopic (exact) mass is 394 g/mol. The summed E-state index contributed by atoms with van der Waals surface area (Å²) in [6, 6.07) is 10.5. The van der Waals surface area contributed by atoms with Crippen LogP contribution in [0.4, 0.5) is 0 Å². The number of benzene rings is 1. The predicted molar refractivity (Wildman–Crippen MR) is 114 cm³/mol. The van der Waals surface area contributed by atoms with Crippen LogP contribution in [0, 0.1) is 12.8 Å². The highest BCUT2D eigenvalue weighted by Crippen LogP contribution is 2.25. The molecule has 1 amide bonds. The molecule has 2 N–H and O–H groups in total. The Kier molecular flexibility index (Phi) is 5.67. The lowest BCUT2D eigenvalue weighted by molar-refractivity contribution is -0.119. The van der Waals surface area contributed by atoms with Crippen LogP contribution in [0.5, 0.6) is 0 Å². The normalized spacial score (nSPS) is 19.6. The van der Waals surface area contributed by atoms with Crippen molar-refractivity contribution in [2.45, 2.75) is 50.6 Å². The number of thioether (sulfide) groups is 1. The number of fused-ring (bicyclic) bond motifs is 1. The summed E-state index contributed by atoms with van der Waals surface area (Å²) in [6.07, 6.45) is 6.62. The lowest BCUT2D eigenvalue weighted by Crippen LogP contribution is -2.41. The Morgan fingerprint density at radius 2 is 2.11 bits per heavy atom. The van der Waals surface area contributed by atoms with E-state index in [-0.39, 0.29) is 5.91 Å². The first kappa shape index (κ1) is 19.0. The van der Waals surface area contributed by atoms with Crippen molar-refractivity contribution in [3.63, 3.8) is 0 Å². The number of aromatic amines is 1. The number of nitrogens with zero attached hydrogens (tertiary/aromatic N) is 2. The molecule has 0 radical (unpaired) electrons. The third kappa shape index (κ3) is 4.38. The van der Waals surface area contributed by atoms with Gasteiger partial charge in [0, 0.05) is 17.8 Å². The van der Waals surface area contributed by atoms with E-state index in [1.54, 1.807) is 0 Å². The highest BCUT2D eigenvalue weighted by Gasteiger charge is 2.22. The van der Waals surface area contributed by atoms with Crippen molar-refractivity contribution in [2.75, 3.05) is 5.75 Å². The summed E-state index contributed by atoms with van der Waals surface area (Å²) in [5.74, 6) is 1.89. The maximum atomic E-state index is 12.3. The Morgan fingerprint density at radius 1 is 1.25 bits per heavy atom. The van der Waals surface area contributed by atoms with Crippen molar-refractivity contribution in [1.82, 2.24) is 20.3 Å². The highest BCUT2D eigenvalue weighted by atomic mass is 32.2. The van der Waals surface area contributed by atoms with Crippen LogP contribution >= 0.6 is 11.8 Å². The Labute approximate surface area is 169 Å². The van der Waals surface area contributed by atoms with Crippen LogP contribution in [-0.2, 0) is 4.79 Å². The number of carbonyl (C=O) groups excluding carboxylic acids is 1. The van der Waals surface area contributed by atoms with E-state index in [1.165, 1.54) is 36.6 Å². The van der Waals surface area contributed by atoms with Gasteiger partial charge in [-0.25, -0.2) is 9.97 Å². The van der Waals surface area contributed by atoms with Gasteiger partial charge in [-0.15, -0.1) is 0 Å². The number of imidazole rings is 1. The van der Waals surface area contributed by atoms with Gasteiger partial charge in [-0.3, -0.25) is 4.79 Å². The Morgan fingerprint density at radius 3 is 2.89 bits per heavy atom. The molecule has 2 heterocycles. The van der Waals surface area contributed by atoms with Crippen molar-refractivity contribution in [1.29, 1.82) is 0 Å². The first-order valence-corrected chi connectivity index (χ1v) is 10.9. The minimum absolute atomic E-state index is 0.0993. The van der Waals surface area contributed by atoms with Gasteiger partial charge in [0.2, 0.25) is 5.91 Å². The van der Waals surface area contributed by atoms with E-state index in [1.807, 2.05) is 24.4 Å². The Hall–Kier alpha value is -2.34. The molecule has 3 aromatic rings. The molecule has 0 saturated heterocycles. The van der Waals surface area contributed by atoms with Crippen LogP contribution in [0.15, 0.2) is 41.6 Å². The van der Waals surface area contributed by atoms with E-state index in [0.717, 1.165) is 33.9 Å². The number of hydrogen-bond donors (Lipinski definition) is 2. The van der Waals surface area contributed by atoms with Crippen molar-refractivity contribution in [2.24, 2.45) is 5.92 Å². The molecule has 0 bridgehead atoms. The third-order valence-corrected chi connectivity index (χ3v) is 6.40. The van der Waals surface area contributed by atoms with Gasteiger partial charge in [-0.05, 0) is 55.5 Å². The molecule has 0 unspecified atom stereocenters. The molecule has 1 aromatic carbocycles. The van der Waals surface area contributed by atoms with E-state index < -0.39 is 0 Å². The average Bonchev–Trinajstić information content (AvgIpc) is 3.12. The molecule has 1 saturated carbocycles. The summed E-state index contributed by atoms with van der Waals surface area (Å²) in [5, 5.41) is 4.04. The number of hydrogen-bond acceptors (Lipinski definition) is 4. The van der Waals surface area contributed by atoms with Crippen LogP contribution < -0.4 is 5.32 Å². The van der Waals surface area contributed by atoms with Gasteiger partial charge in [-0.2, -0.15) is 0 Å². The molecular formula is C22H26N4OS. The second kappa shape index (κ2) is 8.35. The van der Waals surface area contributed by atoms with Gasteiger partial charge in [0.15, 0.2) is 0 Å². The van der Waals surface area contributed by atoms with Crippen molar-refractivity contribution < 1.29 is 4.79 Å². The number of aryl methyl sites for hydroxylation is 1. The second-order valence-electron chi connectivity index (χ2n) is 7.72. The van der Waals surface area contributed by atoms with Gasteiger partial charge < -0.3 is 10.3 Å². The predicted octanol–water partition coefficient (Wildman–Crippen LogP) is 4.72. The molecule has 1 aliphatic carbocycles. The van der Waals surface area contributed by atoms with Crippen LogP contribution in [-0.4, -0.2) is 32.7 Å². The molecule has 146 valence electrons. The number of nitrogens with one attached hydrogen (secondary N) is 2. The highest BCUT2D eigenvalue weighted by molar-refractivity contribution is 7.99. The largest absolute Gasteiger partial charge is 0.352 e. The fourth-order valence-electron chi connectivity index (χ4n) is 3.78. The average molecular weight is 395 g/mol. The van der Waals surface area contributed by atoms with Crippen LogP contribution in [0.1, 0.15) is 38.2 Å². The lowest BCUT2D eigenvalue weighted by atomic mass is 9.86. The quantitative estimate of drug-likeness (QED) is 0.614. The van der Waals surface area contributed by atoms with E-state index in [4.69, 9.17) is 0 Å². The zero-order valence-corrected chi connectivity index (χ0v) is 17.2. The number of rotatable bonds is 5. The van der Waals surface area contributed by atoms with E-state index >= 15 is 0 Å². The van der Waals surface area contributed by atoms with Crippen molar-refractivity contribution in [3.05, 3.63) is 42.1 Å². The standard InChI is InChI=1S/C22H26N4OS/c1-14-7-9-18-19(11-14)26-22(25-18)16-8-10-21(23-12-16)28-13-20(27)24-17-6-4-3-5-15(17)2/h7-12,15,17H,3-6,13H2,1-2H3,(H,24,27)(H,25,26)/t15-,17-/m0/s1. The molecule has 2 atom stereocenters. The molecule has 28 heavy (non-hydrogen) atoms. The summed E-state index contributed by atoms with van der Waals surface area (Å²) < 4.78 is 0. The maximum absolute atomic E-state index is 12.3. The van der Waals surface area contributed by atoms with Gasteiger partial charge in [0.1, 0.15) is 5.82 Å². The zero-order valence-electron chi connectivity index (χ0n) is 16.4. The summed E-state index contributed by atoms with van der Waals surface area (Å²) in [5.41, 5.74) is 4.13. The van der Waals surface area contributed by atoms with Gasteiger partial charge >= 0.3 is 0 Å². The van der Waals surface area contributed by atoms with Crippen LogP contribution in [0.25, 0.3) is 22.4 Å². The molecule has 5 nitrogen and oxygen atoms in total. The fraction of sp³-hybridized carbons (Fsp3) is 0.409. The number of pyridine rings is 1. The van der Waals surface area contributed by atoms with Gasteiger partial charge in [-0.1, -0.05) is 37.6 Å². The maximum Gasteiger partial charge on any atom is 0.230 e. The van der Waals surface area contributed by atoms with E-state index in [2.05, 4.69) is 46.2 Å². The van der Waals surface area contributed by atoms with Crippen LogP contribution in [0.2, 0.25) is 0 Å². The molecular weight excluding hydrogens is 368 g/mol. The summed E-state index contributed by atoms with van der Waals surface area (Å²) in [7, 11) is 0. The number of amides is 1. The van der Waals surface area contributed by atoms with E-state index in [0.29, 0.717) is 17.7 Å². The molecule has 1 aliphatic rings. The minimum atomic E-state index is 0.0993. The van der Waals surface area contributed by atoms with Gasteiger partial charge in [0.25, 0.3) is 0 Å². The Balaban J connectivity index is 1.35. The lowest BCUT2D eigenvalue weighted by Gasteiger charge is -2.29. The molecule has 2 aromatic heterocycles. The first-order valence-electron chi connectivity index (χ1n) is 9.93. The number of carbonyl (C=O) groups is 1. The van der Waals surface area contributed by atoms with Gasteiger partial charge in [0.05, 0.1) is 21.8 Å². The van der Waals surface area contributed by atoms with Crippen molar-refractivity contribution in [3.8, 4) is 11.4 Å².